The maximum atomic E-state index is 12.1. The van der Waals surface area contributed by atoms with Crippen molar-refractivity contribution in [2.75, 3.05) is 5.32 Å². The van der Waals surface area contributed by atoms with Crippen molar-refractivity contribution >= 4 is 33.1 Å². The van der Waals surface area contributed by atoms with Gasteiger partial charge in [-0.25, -0.2) is 0 Å². The molecule has 0 fully saturated rings. The van der Waals surface area contributed by atoms with Crippen LogP contribution in [0, 0.1) is 6.92 Å². The first-order chi connectivity index (χ1) is 8.74. The van der Waals surface area contributed by atoms with Crippen LogP contribution in [0.5, 0.6) is 0 Å². The second-order valence-electron chi connectivity index (χ2n) is 4.15. The van der Waals surface area contributed by atoms with Crippen molar-refractivity contribution in [1.82, 2.24) is 4.98 Å². The zero-order valence-corrected chi connectivity index (χ0v) is 10.7. The molecule has 0 atom stereocenters. The van der Waals surface area contributed by atoms with Crippen LogP contribution in [0.1, 0.15) is 16.1 Å². The van der Waals surface area contributed by atoms with Gasteiger partial charge < -0.3 is 10.3 Å². The van der Waals surface area contributed by atoms with E-state index < -0.39 is 0 Å². The van der Waals surface area contributed by atoms with Gasteiger partial charge in [0.15, 0.2) is 0 Å². The number of fused-ring (bicyclic) bond motifs is 1. The van der Waals surface area contributed by atoms with E-state index >= 15 is 0 Å². The summed E-state index contributed by atoms with van der Waals surface area (Å²) in [5.74, 6) is -0.104. The number of hydrogen-bond acceptors (Lipinski definition) is 2. The molecule has 0 aliphatic rings. The Balaban J connectivity index is 1.87. The SMILES string of the molecule is Cc1ccccc1NC(=O)c1cc2sccc2[nH]1. The van der Waals surface area contributed by atoms with Crippen LogP contribution in [0.4, 0.5) is 5.69 Å². The highest BCUT2D eigenvalue weighted by molar-refractivity contribution is 7.17. The maximum Gasteiger partial charge on any atom is 0.272 e. The van der Waals surface area contributed by atoms with E-state index in [1.54, 1.807) is 11.3 Å². The first-order valence-electron chi connectivity index (χ1n) is 5.67. The van der Waals surface area contributed by atoms with E-state index in [-0.39, 0.29) is 5.91 Å². The highest BCUT2D eigenvalue weighted by Gasteiger charge is 2.11. The predicted octanol–water partition coefficient (Wildman–Crippen LogP) is 3.79. The molecule has 0 saturated heterocycles. The number of H-pyrrole nitrogens is 1. The normalized spacial score (nSPS) is 10.7. The van der Waals surface area contributed by atoms with E-state index in [1.807, 2.05) is 48.7 Å². The van der Waals surface area contributed by atoms with Gasteiger partial charge in [-0.2, -0.15) is 0 Å². The minimum Gasteiger partial charge on any atom is -0.350 e. The van der Waals surface area contributed by atoms with Gasteiger partial charge in [-0.15, -0.1) is 11.3 Å². The number of hydrogen-bond donors (Lipinski definition) is 2. The number of rotatable bonds is 2. The lowest BCUT2D eigenvalue weighted by Crippen LogP contribution is -2.12. The quantitative estimate of drug-likeness (QED) is 0.720. The van der Waals surface area contributed by atoms with Gasteiger partial charge in [-0.05, 0) is 36.1 Å². The molecule has 2 heterocycles. The van der Waals surface area contributed by atoms with Gasteiger partial charge in [0, 0.05) is 5.69 Å². The molecule has 0 aliphatic heterocycles. The molecule has 18 heavy (non-hydrogen) atoms. The molecule has 3 nitrogen and oxygen atoms in total. The monoisotopic (exact) mass is 256 g/mol. The number of amides is 1. The van der Waals surface area contributed by atoms with Crippen LogP contribution in [-0.4, -0.2) is 10.9 Å². The van der Waals surface area contributed by atoms with Gasteiger partial charge in [0.2, 0.25) is 0 Å². The summed E-state index contributed by atoms with van der Waals surface area (Å²) in [6, 6.07) is 11.6. The molecule has 0 unspecified atom stereocenters. The second kappa shape index (κ2) is 4.31. The fraction of sp³-hybridized carbons (Fsp3) is 0.0714. The summed E-state index contributed by atoms with van der Waals surface area (Å²) in [6.45, 7) is 1.98. The third-order valence-corrected chi connectivity index (χ3v) is 3.74. The number of aromatic amines is 1. The molecule has 90 valence electrons. The number of thiophene rings is 1. The molecule has 0 spiro atoms. The Labute approximate surface area is 108 Å². The average molecular weight is 256 g/mol. The lowest BCUT2D eigenvalue weighted by atomic mass is 10.2. The van der Waals surface area contributed by atoms with Crippen molar-refractivity contribution in [2.45, 2.75) is 6.92 Å². The average Bonchev–Trinajstić information content (AvgIpc) is 2.92. The minimum absolute atomic E-state index is 0.104. The van der Waals surface area contributed by atoms with Crippen LogP contribution in [0.25, 0.3) is 10.2 Å². The molecule has 0 radical (unpaired) electrons. The Morgan fingerprint density at radius 3 is 2.89 bits per heavy atom. The summed E-state index contributed by atoms with van der Waals surface area (Å²) >= 11 is 1.62. The van der Waals surface area contributed by atoms with E-state index in [4.69, 9.17) is 0 Å². The highest BCUT2D eigenvalue weighted by Crippen LogP contribution is 2.22. The molecular weight excluding hydrogens is 244 g/mol. The van der Waals surface area contributed by atoms with Crippen LogP contribution < -0.4 is 5.32 Å². The van der Waals surface area contributed by atoms with Crippen molar-refractivity contribution in [3.63, 3.8) is 0 Å². The van der Waals surface area contributed by atoms with Gasteiger partial charge in [-0.1, -0.05) is 18.2 Å². The lowest BCUT2D eigenvalue weighted by molar-refractivity contribution is 0.102. The van der Waals surface area contributed by atoms with Crippen LogP contribution >= 0.6 is 11.3 Å². The smallest absolute Gasteiger partial charge is 0.272 e. The zero-order valence-electron chi connectivity index (χ0n) is 9.86. The molecule has 0 aliphatic carbocycles. The van der Waals surface area contributed by atoms with Gasteiger partial charge in [0.1, 0.15) is 5.69 Å². The second-order valence-corrected chi connectivity index (χ2v) is 5.10. The van der Waals surface area contributed by atoms with E-state index in [0.717, 1.165) is 21.5 Å². The lowest BCUT2D eigenvalue weighted by Gasteiger charge is -2.06. The Kier molecular flexibility index (Phi) is 2.64. The van der Waals surface area contributed by atoms with Crippen LogP contribution in [-0.2, 0) is 0 Å². The van der Waals surface area contributed by atoms with Crippen LogP contribution in [0.3, 0.4) is 0 Å². The topological polar surface area (TPSA) is 44.9 Å². The highest BCUT2D eigenvalue weighted by atomic mass is 32.1. The fourth-order valence-corrected chi connectivity index (χ4v) is 2.66. The van der Waals surface area contributed by atoms with Gasteiger partial charge in [-0.3, -0.25) is 4.79 Å². The largest absolute Gasteiger partial charge is 0.350 e. The summed E-state index contributed by atoms with van der Waals surface area (Å²) < 4.78 is 1.10. The molecule has 0 bridgehead atoms. The molecule has 3 rings (SSSR count). The number of carbonyl (C=O) groups excluding carboxylic acids is 1. The van der Waals surface area contributed by atoms with Crippen LogP contribution in [0.2, 0.25) is 0 Å². The molecule has 2 aromatic heterocycles. The van der Waals surface area contributed by atoms with Gasteiger partial charge in [0.05, 0.1) is 10.2 Å². The zero-order chi connectivity index (χ0) is 12.5. The maximum absolute atomic E-state index is 12.1. The molecule has 2 N–H and O–H groups in total. The molecular formula is C14H12N2OS. The fourth-order valence-electron chi connectivity index (χ4n) is 1.87. The number of carbonyl (C=O) groups is 1. The Morgan fingerprint density at radius 1 is 1.28 bits per heavy atom. The van der Waals surface area contributed by atoms with Crippen molar-refractivity contribution in [3.05, 3.63) is 53.0 Å². The molecule has 1 amide bonds. The number of aromatic nitrogens is 1. The van der Waals surface area contributed by atoms with Crippen molar-refractivity contribution in [3.8, 4) is 0 Å². The van der Waals surface area contributed by atoms with E-state index in [0.29, 0.717) is 5.69 Å². The molecule has 1 aromatic carbocycles. The van der Waals surface area contributed by atoms with E-state index in [2.05, 4.69) is 10.3 Å². The standard InChI is InChI=1S/C14H12N2OS/c1-9-4-2-3-5-10(9)16-14(17)12-8-13-11(15-12)6-7-18-13/h2-8,15H,1H3,(H,16,17). The predicted molar refractivity (Wildman–Crippen MR) is 75.3 cm³/mol. The van der Waals surface area contributed by atoms with Gasteiger partial charge in [0.25, 0.3) is 5.91 Å². The summed E-state index contributed by atoms with van der Waals surface area (Å²) in [4.78, 5) is 15.2. The Bertz CT molecular complexity index is 683. The van der Waals surface area contributed by atoms with E-state index in [9.17, 15) is 4.79 Å². The van der Waals surface area contributed by atoms with Gasteiger partial charge >= 0.3 is 0 Å². The first-order valence-corrected chi connectivity index (χ1v) is 6.55. The van der Waals surface area contributed by atoms with E-state index in [1.165, 1.54) is 0 Å². The summed E-state index contributed by atoms with van der Waals surface area (Å²) in [5.41, 5.74) is 3.51. The third-order valence-electron chi connectivity index (χ3n) is 2.88. The summed E-state index contributed by atoms with van der Waals surface area (Å²) in [5, 5.41) is 4.92. The third kappa shape index (κ3) is 1.91. The first kappa shape index (κ1) is 11.0. The number of para-hydroxylation sites is 1. The molecule has 3 aromatic rings. The summed E-state index contributed by atoms with van der Waals surface area (Å²) in [6.07, 6.45) is 0. The minimum atomic E-state index is -0.104. The van der Waals surface area contributed by atoms with Crippen LogP contribution in [0.15, 0.2) is 41.8 Å². The number of aryl methyl sites for hydroxylation is 1. The Hall–Kier alpha value is -2.07. The van der Waals surface area contributed by atoms with Crippen molar-refractivity contribution in [1.29, 1.82) is 0 Å². The number of anilines is 1. The number of benzene rings is 1. The number of nitrogens with one attached hydrogen (secondary N) is 2. The van der Waals surface area contributed by atoms with Crippen molar-refractivity contribution in [2.24, 2.45) is 0 Å². The molecule has 4 heteroatoms. The Morgan fingerprint density at radius 2 is 2.11 bits per heavy atom. The van der Waals surface area contributed by atoms with Crippen molar-refractivity contribution < 1.29 is 4.79 Å². The summed E-state index contributed by atoms with van der Waals surface area (Å²) in [7, 11) is 0. The molecule has 0 saturated carbocycles.